The first kappa shape index (κ1) is 15.0. The van der Waals surface area contributed by atoms with Gasteiger partial charge in [0.05, 0.1) is 5.56 Å². The molecule has 0 heterocycles. The molecule has 0 aliphatic carbocycles. The first-order valence-electron chi connectivity index (χ1n) is 6.69. The third kappa shape index (κ3) is 3.39. The van der Waals surface area contributed by atoms with Crippen molar-refractivity contribution in [1.82, 2.24) is 0 Å². The van der Waals surface area contributed by atoms with Gasteiger partial charge in [-0.3, -0.25) is 0 Å². The molecule has 2 rings (SSSR count). The molecular formula is C17H17FN2O. The summed E-state index contributed by atoms with van der Waals surface area (Å²) in [7, 11) is 0. The van der Waals surface area contributed by atoms with Crippen LogP contribution in [0.3, 0.4) is 0 Å². The highest BCUT2D eigenvalue weighted by Crippen LogP contribution is 2.26. The Morgan fingerprint density at radius 2 is 2.10 bits per heavy atom. The number of nitriles is 1. The summed E-state index contributed by atoms with van der Waals surface area (Å²) >= 11 is 0. The third-order valence-electron chi connectivity index (χ3n) is 3.24. The van der Waals surface area contributed by atoms with E-state index < -0.39 is 5.82 Å². The van der Waals surface area contributed by atoms with E-state index in [0.29, 0.717) is 11.3 Å². The van der Waals surface area contributed by atoms with Gasteiger partial charge in [0.15, 0.2) is 0 Å². The van der Waals surface area contributed by atoms with Gasteiger partial charge in [0.1, 0.15) is 24.2 Å². The van der Waals surface area contributed by atoms with E-state index >= 15 is 0 Å². The van der Waals surface area contributed by atoms with Crippen LogP contribution in [0.25, 0.3) is 0 Å². The third-order valence-corrected chi connectivity index (χ3v) is 3.24. The molecule has 0 saturated heterocycles. The number of nitrogens with zero attached hydrogens (tertiary/aromatic N) is 1. The van der Waals surface area contributed by atoms with E-state index in [1.165, 1.54) is 6.07 Å². The number of benzene rings is 2. The molecule has 2 N–H and O–H groups in total. The SMILES string of the molecule is Cc1ccc([C@H](C)N)c(OCc2cccc(C#N)c2F)c1. The second-order valence-corrected chi connectivity index (χ2v) is 5.01. The summed E-state index contributed by atoms with van der Waals surface area (Å²) in [6.07, 6.45) is 0. The molecule has 2 aromatic rings. The Bertz CT molecular complexity index is 690. The van der Waals surface area contributed by atoms with E-state index in [1.54, 1.807) is 12.1 Å². The van der Waals surface area contributed by atoms with Crippen molar-refractivity contribution in [3.8, 4) is 11.8 Å². The maximum Gasteiger partial charge on any atom is 0.147 e. The van der Waals surface area contributed by atoms with E-state index in [9.17, 15) is 4.39 Å². The number of hydrogen-bond donors (Lipinski definition) is 1. The van der Waals surface area contributed by atoms with Gasteiger partial charge in [-0.15, -0.1) is 0 Å². The Morgan fingerprint density at radius 3 is 2.76 bits per heavy atom. The fourth-order valence-corrected chi connectivity index (χ4v) is 2.08. The molecule has 0 aromatic heterocycles. The fourth-order valence-electron chi connectivity index (χ4n) is 2.08. The maximum absolute atomic E-state index is 14.0. The van der Waals surface area contributed by atoms with Crippen molar-refractivity contribution >= 4 is 0 Å². The van der Waals surface area contributed by atoms with Crippen LogP contribution in [0.15, 0.2) is 36.4 Å². The van der Waals surface area contributed by atoms with Gasteiger partial charge in [-0.2, -0.15) is 5.26 Å². The molecule has 0 fully saturated rings. The van der Waals surface area contributed by atoms with Crippen LogP contribution < -0.4 is 10.5 Å². The molecule has 0 spiro atoms. The van der Waals surface area contributed by atoms with Crippen LogP contribution in [0.5, 0.6) is 5.75 Å². The molecule has 3 nitrogen and oxygen atoms in total. The van der Waals surface area contributed by atoms with Crippen LogP contribution in [0.1, 0.15) is 35.2 Å². The molecule has 0 aliphatic rings. The van der Waals surface area contributed by atoms with Gasteiger partial charge in [-0.05, 0) is 31.5 Å². The van der Waals surface area contributed by atoms with Gasteiger partial charge >= 0.3 is 0 Å². The normalized spacial score (nSPS) is 11.8. The molecular weight excluding hydrogens is 267 g/mol. The van der Waals surface area contributed by atoms with E-state index in [2.05, 4.69) is 0 Å². The van der Waals surface area contributed by atoms with E-state index in [0.717, 1.165) is 11.1 Å². The van der Waals surface area contributed by atoms with Crippen molar-refractivity contribution in [2.75, 3.05) is 0 Å². The summed E-state index contributed by atoms with van der Waals surface area (Å²) in [5.41, 5.74) is 8.20. The molecule has 21 heavy (non-hydrogen) atoms. The van der Waals surface area contributed by atoms with E-state index in [1.807, 2.05) is 38.1 Å². The Labute approximate surface area is 123 Å². The topological polar surface area (TPSA) is 59.0 Å². The molecule has 0 amide bonds. The van der Waals surface area contributed by atoms with Crippen LogP contribution in [0.2, 0.25) is 0 Å². The minimum absolute atomic E-state index is 0.0211. The van der Waals surface area contributed by atoms with Crippen LogP contribution in [0.4, 0.5) is 4.39 Å². The van der Waals surface area contributed by atoms with Crippen molar-refractivity contribution in [2.45, 2.75) is 26.5 Å². The lowest BCUT2D eigenvalue weighted by atomic mass is 10.1. The number of hydrogen-bond acceptors (Lipinski definition) is 3. The lowest BCUT2D eigenvalue weighted by Crippen LogP contribution is -2.09. The van der Waals surface area contributed by atoms with Gasteiger partial charge in [0.25, 0.3) is 0 Å². The molecule has 4 heteroatoms. The second-order valence-electron chi connectivity index (χ2n) is 5.01. The number of ether oxygens (including phenoxy) is 1. The fraction of sp³-hybridized carbons (Fsp3) is 0.235. The Kier molecular flexibility index (Phi) is 4.56. The van der Waals surface area contributed by atoms with E-state index in [4.69, 9.17) is 15.7 Å². The zero-order chi connectivity index (χ0) is 15.4. The highest BCUT2D eigenvalue weighted by Gasteiger charge is 2.11. The first-order chi connectivity index (χ1) is 10.0. The monoisotopic (exact) mass is 284 g/mol. The molecule has 1 atom stereocenters. The predicted octanol–water partition coefficient (Wildman–Crippen LogP) is 3.60. The van der Waals surface area contributed by atoms with Crippen molar-refractivity contribution in [2.24, 2.45) is 5.73 Å². The minimum atomic E-state index is -0.532. The quantitative estimate of drug-likeness (QED) is 0.933. The smallest absolute Gasteiger partial charge is 0.147 e. The Balaban J connectivity index is 2.25. The zero-order valence-corrected chi connectivity index (χ0v) is 12.1. The lowest BCUT2D eigenvalue weighted by molar-refractivity contribution is 0.295. The van der Waals surface area contributed by atoms with Gasteiger partial charge in [0.2, 0.25) is 0 Å². The van der Waals surface area contributed by atoms with Gasteiger partial charge in [-0.25, -0.2) is 4.39 Å². The Morgan fingerprint density at radius 1 is 1.33 bits per heavy atom. The molecule has 0 saturated carbocycles. The predicted molar refractivity (Wildman–Crippen MR) is 79.2 cm³/mol. The second kappa shape index (κ2) is 6.38. The summed E-state index contributed by atoms with van der Waals surface area (Å²) in [6, 6.07) is 12.1. The molecule has 0 bridgehead atoms. The highest BCUT2D eigenvalue weighted by atomic mass is 19.1. The Hall–Kier alpha value is -2.38. The summed E-state index contributed by atoms with van der Waals surface area (Å²) < 4.78 is 19.7. The molecule has 2 aromatic carbocycles. The summed E-state index contributed by atoms with van der Waals surface area (Å²) in [4.78, 5) is 0. The standard InChI is InChI=1S/C17H17FN2O/c1-11-6-7-15(12(2)20)16(8-11)21-10-14-5-3-4-13(9-19)17(14)18/h3-8,12H,10,20H2,1-2H3/t12-/m0/s1. The van der Waals surface area contributed by atoms with Gasteiger partial charge < -0.3 is 10.5 Å². The largest absolute Gasteiger partial charge is 0.488 e. The van der Waals surface area contributed by atoms with Gasteiger partial charge in [-0.1, -0.05) is 24.3 Å². The molecule has 0 aliphatic heterocycles. The van der Waals surface area contributed by atoms with Gasteiger partial charge in [0, 0.05) is 17.2 Å². The number of aryl methyl sites for hydroxylation is 1. The minimum Gasteiger partial charge on any atom is -0.488 e. The van der Waals surface area contributed by atoms with Crippen LogP contribution in [-0.2, 0) is 6.61 Å². The van der Waals surface area contributed by atoms with Crippen LogP contribution in [-0.4, -0.2) is 0 Å². The van der Waals surface area contributed by atoms with Crippen molar-refractivity contribution in [3.05, 3.63) is 64.5 Å². The van der Waals surface area contributed by atoms with E-state index in [-0.39, 0.29) is 18.2 Å². The highest BCUT2D eigenvalue weighted by molar-refractivity contribution is 5.40. The van der Waals surface area contributed by atoms with Crippen LogP contribution in [0, 0.1) is 24.1 Å². The van der Waals surface area contributed by atoms with Crippen molar-refractivity contribution < 1.29 is 9.13 Å². The summed E-state index contributed by atoms with van der Waals surface area (Å²) in [6.45, 7) is 3.88. The van der Waals surface area contributed by atoms with Crippen molar-refractivity contribution in [3.63, 3.8) is 0 Å². The number of halogens is 1. The maximum atomic E-state index is 14.0. The van der Waals surface area contributed by atoms with Crippen molar-refractivity contribution in [1.29, 1.82) is 5.26 Å². The first-order valence-corrected chi connectivity index (χ1v) is 6.69. The lowest BCUT2D eigenvalue weighted by Gasteiger charge is -2.15. The average Bonchev–Trinajstić information content (AvgIpc) is 2.46. The van der Waals surface area contributed by atoms with Crippen LogP contribution >= 0.6 is 0 Å². The summed E-state index contributed by atoms with van der Waals surface area (Å²) in [5, 5.41) is 8.83. The molecule has 108 valence electrons. The number of nitrogens with two attached hydrogens (primary N) is 1. The number of rotatable bonds is 4. The molecule has 0 radical (unpaired) electrons. The zero-order valence-electron chi connectivity index (χ0n) is 12.1. The molecule has 0 unspecified atom stereocenters. The summed E-state index contributed by atoms with van der Waals surface area (Å²) in [5.74, 6) is 0.113. The average molecular weight is 284 g/mol.